The molecular weight excluding hydrogens is 484 g/mol. The van der Waals surface area contributed by atoms with Gasteiger partial charge >= 0.3 is 5.97 Å². The van der Waals surface area contributed by atoms with Crippen LogP contribution < -0.4 is 0 Å². The highest BCUT2D eigenvalue weighted by Gasteiger charge is 2.38. The fraction of sp³-hybridized carbons (Fsp3) is 0.538. The molecule has 190 valence electrons. The van der Waals surface area contributed by atoms with E-state index in [0.29, 0.717) is 36.4 Å². The molecule has 4 rings (SSSR count). The van der Waals surface area contributed by atoms with Gasteiger partial charge in [-0.2, -0.15) is 4.31 Å². The third kappa shape index (κ3) is 5.08. The van der Waals surface area contributed by atoms with Gasteiger partial charge in [-0.3, -0.25) is 9.59 Å². The Morgan fingerprint density at radius 2 is 1.83 bits per heavy atom. The second-order valence-electron chi connectivity index (χ2n) is 10.2. The Balaban J connectivity index is 1.83. The van der Waals surface area contributed by atoms with Crippen LogP contribution in [0.1, 0.15) is 67.3 Å². The number of ketones is 1. The highest BCUT2D eigenvalue weighted by atomic mass is 32.2. The van der Waals surface area contributed by atoms with Gasteiger partial charge in [-0.15, -0.1) is 0 Å². The number of fused-ring (bicyclic) bond motifs is 1. The van der Waals surface area contributed by atoms with Crippen molar-refractivity contribution in [1.29, 1.82) is 0 Å². The quantitative estimate of drug-likeness (QED) is 0.492. The van der Waals surface area contributed by atoms with E-state index in [0.717, 1.165) is 34.7 Å². The smallest absolute Gasteiger partial charge is 0.325 e. The Kier molecular flexibility index (Phi) is 7.23. The Bertz CT molecular complexity index is 1270. The van der Waals surface area contributed by atoms with Crippen LogP contribution in [0.2, 0.25) is 0 Å². The molecule has 0 N–H and O–H groups in total. The Hall–Kier alpha value is -2.10. The zero-order valence-corrected chi connectivity index (χ0v) is 22.8. The van der Waals surface area contributed by atoms with Gasteiger partial charge in [0.2, 0.25) is 10.0 Å². The van der Waals surface area contributed by atoms with E-state index in [-0.39, 0.29) is 35.2 Å². The molecule has 2 aliphatic rings. The predicted molar refractivity (Wildman–Crippen MR) is 136 cm³/mol. The first-order valence-electron chi connectivity index (χ1n) is 12.1. The Morgan fingerprint density at radius 1 is 1.14 bits per heavy atom. The summed E-state index contributed by atoms with van der Waals surface area (Å²) >= 11 is 1.32. The number of esters is 1. The number of carbonyl (C=O) groups excluding carboxylic acids is 2. The number of sulfonamides is 1. The van der Waals surface area contributed by atoms with Crippen molar-refractivity contribution in [3.8, 4) is 0 Å². The number of Topliss-reactive ketones (excluding diaryl/α,β-unsaturated/α-hetero) is 1. The Labute approximate surface area is 212 Å². The minimum Gasteiger partial charge on any atom is -0.465 e. The van der Waals surface area contributed by atoms with Crippen LogP contribution in [0.5, 0.6) is 0 Å². The molecule has 9 heteroatoms. The summed E-state index contributed by atoms with van der Waals surface area (Å²) in [4.78, 5) is 27.4. The summed E-state index contributed by atoms with van der Waals surface area (Å²) in [6.07, 6.45) is 2.78. The summed E-state index contributed by atoms with van der Waals surface area (Å²) in [6, 6.07) is 5.45. The van der Waals surface area contributed by atoms with Crippen LogP contribution in [0.3, 0.4) is 0 Å². The molecule has 1 fully saturated rings. The highest BCUT2D eigenvalue weighted by Crippen LogP contribution is 2.45. The van der Waals surface area contributed by atoms with E-state index in [1.165, 1.54) is 11.8 Å². The molecule has 1 aliphatic heterocycles. The van der Waals surface area contributed by atoms with Gasteiger partial charge in [0.05, 0.1) is 17.1 Å². The zero-order valence-electron chi connectivity index (χ0n) is 21.1. The van der Waals surface area contributed by atoms with Crippen molar-refractivity contribution in [1.82, 2.24) is 8.87 Å². The maximum absolute atomic E-state index is 13.5. The van der Waals surface area contributed by atoms with Gasteiger partial charge in [0.15, 0.2) is 5.78 Å². The van der Waals surface area contributed by atoms with E-state index in [2.05, 4.69) is 13.8 Å². The molecule has 7 nitrogen and oxygen atoms in total. The number of carbonyl (C=O) groups is 2. The number of hydrogen-bond acceptors (Lipinski definition) is 6. The van der Waals surface area contributed by atoms with Gasteiger partial charge in [0, 0.05) is 40.7 Å². The van der Waals surface area contributed by atoms with Crippen molar-refractivity contribution < 1.29 is 22.7 Å². The summed E-state index contributed by atoms with van der Waals surface area (Å²) < 4.78 is 35.7. The number of benzene rings is 1. The molecule has 2 heterocycles. The van der Waals surface area contributed by atoms with Crippen LogP contribution in [0.25, 0.3) is 0 Å². The number of rotatable bonds is 7. The molecule has 1 saturated heterocycles. The average molecular weight is 519 g/mol. The SMILES string of the molecule is CCOC(=O)Cn1c(C)c(Sc2ccc(C)cc2S(=O)(=O)N2CCCC2)c2c1CC(C)(C)CC2=O. The zero-order chi connectivity index (χ0) is 25.5. The van der Waals surface area contributed by atoms with Crippen LogP contribution in [-0.4, -0.2) is 48.7 Å². The average Bonchev–Trinajstić information content (AvgIpc) is 3.39. The van der Waals surface area contributed by atoms with Crippen molar-refractivity contribution in [2.24, 2.45) is 5.41 Å². The third-order valence-corrected chi connectivity index (χ3v) is 10.1. The lowest BCUT2D eigenvalue weighted by Crippen LogP contribution is -2.29. The molecule has 1 aromatic heterocycles. The lowest BCUT2D eigenvalue weighted by Gasteiger charge is -2.30. The van der Waals surface area contributed by atoms with Crippen LogP contribution in [0.4, 0.5) is 0 Å². The third-order valence-electron chi connectivity index (χ3n) is 6.73. The van der Waals surface area contributed by atoms with Crippen molar-refractivity contribution in [3.63, 3.8) is 0 Å². The molecule has 0 atom stereocenters. The van der Waals surface area contributed by atoms with Crippen molar-refractivity contribution in [2.45, 2.75) is 81.5 Å². The normalized spacial score (nSPS) is 18.0. The number of hydrogen-bond donors (Lipinski definition) is 0. The second-order valence-corrected chi connectivity index (χ2v) is 13.2. The van der Waals surface area contributed by atoms with Crippen molar-refractivity contribution >= 4 is 33.5 Å². The van der Waals surface area contributed by atoms with Crippen molar-refractivity contribution in [3.05, 3.63) is 40.7 Å². The van der Waals surface area contributed by atoms with Gasteiger partial charge in [-0.25, -0.2) is 8.42 Å². The number of nitrogens with zero attached hydrogens (tertiary/aromatic N) is 2. The number of aromatic nitrogens is 1. The summed E-state index contributed by atoms with van der Waals surface area (Å²) in [7, 11) is -3.65. The first kappa shape index (κ1) is 26.0. The van der Waals surface area contributed by atoms with Gasteiger partial charge in [-0.05, 0) is 63.1 Å². The largest absolute Gasteiger partial charge is 0.465 e. The van der Waals surface area contributed by atoms with Gasteiger partial charge in [0.25, 0.3) is 0 Å². The maximum atomic E-state index is 13.5. The molecule has 1 aromatic carbocycles. The summed E-state index contributed by atoms with van der Waals surface area (Å²) in [5.74, 6) is -0.325. The maximum Gasteiger partial charge on any atom is 0.325 e. The van der Waals surface area contributed by atoms with E-state index < -0.39 is 10.0 Å². The van der Waals surface area contributed by atoms with Crippen molar-refractivity contribution in [2.75, 3.05) is 19.7 Å². The van der Waals surface area contributed by atoms with Crippen LogP contribution >= 0.6 is 11.8 Å². The van der Waals surface area contributed by atoms with Crippen LogP contribution in [0, 0.1) is 19.3 Å². The van der Waals surface area contributed by atoms with E-state index in [4.69, 9.17) is 4.74 Å². The molecule has 0 saturated carbocycles. The number of aryl methyl sites for hydroxylation is 1. The Morgan fingerprint density at radius 3 is 2.49 bits per heavy atom. The highest BCUT2D eigenvalue weighted by molar-refractivity contribution is 8.00. The summed E-state index contributed by atoms with van der Waals surface area (Å²) in [5.41, 5.74) is 2.86. The lowest BCUT2D eigenvalue weighted by atomic mass is 9.76. The minimum atomic E-state index is -3.65. The van der Waals surface area contributed by atoms with E-state index in [9.17, 15) is 18.0 Å². The number of ether oxygens (including phenoxy) is 1. The summed E-state index contributed by atoms with van der Waals surface area (Å²) in [5, 5.41) is 0. The van der Waals surface area contributed by atoms with Gasteiger partial charge in [0.1, 0.15) is 6.54 Å². The molecule has 1 aliphatic carbocycles. The molecule has 0 unspecified atom stereocenters. The predicted octanol–water partition coefficient (Wildman–Crippen LogP) is 4.76. The minimum absolute atomic E-state index is 0.0265. The van der Waals surface area contributed by atoms with E-state index in [1.54, 1.807) is 17.3 Å². The molecule has 0 bridgehead atoms. The standard InChI is InChI=1S/C26H34N2O5S2/c1-6-33-23(30)16-28-18(3)25(24-19(28)14-26(4,5)15-20(24)29)34-21-10-9-17(2)13-22(21)35(31,32)27-11-7-8-12-27/h9-10,13H,6-8,11-12,14-16H2,1-5H3. The van der Waals surface area contributed by atoms with Crippen LogP contribution in [-0.2, 0) is 32.5 Å². The fourth-order valence-corrected chi connectivity index (χ4v) is 8.26. The fourth-order valence-electron chi connectivity index (χ4n) is 5.04. The van der Waals surface area contributed by atoms with Gasteiger partial charge in [-0.1, -0.05) is 31.7 Å². The second kappa shape index (κ2) is 9.75. The monoisotopic (exact) mass is 518 g/mol. The lowest BCUT2D eigenvalue weighted by molar-refractivity contribution is -0.143. The summed E-state index contributed by atoms with van der Waals surface area (Å²) in [6.45, 7) is 11.0. The molecule has 0 spiro atoms. The molecule has 0 amide bonds. The first-order valence-corrected chi connectivity index (χ1v) is 14.4. The first-order chi connectivity index (χ1) is 16.4. The molecular formula is C26H34N2O5S2. The molecule has 0 radical (unpaired) electrons. The van der Waals surface area contributed by atoms with Gasteiger partial charge < -0.3 is 9.30 Å². The molecule has 35 heavy (non-hydrogen) atoms. The topological polar surface area (TPSA) is 85.7 Å². The van der Waals surface area contributed by atoms with E-state index in [1.807, 2.05) is 30.5 Å². The van der Waals surface area contributed by atoms with E-state index >= 15 is 0 Å². The van der Waals surface area contributed by atoms with Crippen LogP contribution in [0.15, 0.2) is 32.9 Å². The molecule has 2 aromatic rings.